The monoisotopic (exact) mass is 300 g/mol. The Kier molecular flexibility index (Phi) is 4.71. The molecular formula is C14H18Cl2N2O. The molecule has 1 saturated heterocycles. The van der Waals surface area contributed by atoms with Gasteiger partial charge in [-0.05, 0) is 26.0 Å². The summed E-state index contributed by atoms with van der Waals surface area (Å²) in [7, 11) is 0. The Morgan fingerprint density at radius 1 is 1.11 bits per heavy atom. The van der Waals surface area contributed by atoms with Crippen molar-refractivity contribution in [2.45, 2.75) is 19.9 Å². The smallest absolute Gasteiger partial charge is 0.256 e. The quantitative estimate of drug-likeness (QED) is 0.838. The van der Waals surface area contributed by atoms with Gasteiger partial charge in [-0.1, -0.05) is 29.3 Å². The summed E-state index contributed by atoms with van der Waals surface area (Å²) in [5, 5.41) is 0.840. The Morgan fingerprint density at radius 2 is 1.63 bits per heavy atom. The van der Waals surface area contributed by atoms with Crippen molar-refractivity contribution >= 4 is 29.1 Å². The van der Waals surface area contributed by atoms with E-state index in [1.54, 1.807) is 18.2 Å². The lowest BCUT2D eigenvalue weighted by atomic mass is 10.1. The summed E-state index contributed by atoms with van der Waals surface area (Å²) in [4.78, 5) is 16.6. The summed E-state index contributed by atoms with van der Waals surface area (Å²) in [6.45, 7) is 7.57. The zero-order chi connectivity index (χ0) is 14.0. The van der Waals surface area contributed by atoms with Crippen LogP contribution >= 0.6 is 23.2 Å². The lowest BCUT2D eigenvalue weighted by molar-refractivity contribution is 0.0596. The van der Waals surface area contributed by atoms with Crippen LogP contribution < -0.4 is 0 Å². The molecule has 0 spiro atoms. The third kappa shape index (κ3) is 3.22. The van der Waals surface area contributed by atoms with E-state index < -0.39 is 0 Å². The molecule has 104 valence electrons. The molecule has 1 fully saturated rings. The van der Waals surface area contributed by atoms with E-state index in [9.17, 15) is 4.79 Å². The van der Waals surface area contributed by atoms with Crippen LogP contribution in [0.2, 0.25) is 10.0 Å². The van der Waals surface area contributed by atoms with Gasteiger partial charge >= 0.3 is 0 Å². The van der Waals surface area contributed by atoms with E-state index >= 15 is 0 Å². The van der Waals surface area contributed by atoms with Gasteiger partial charge in [-0.15, -0.1) is 0 Å². The minimum atomic E-state index is -0.0704. The van der Waals surface area contributed by atoms with Crippen molar-refractivity contribution in [3.05, 3.63) is 33.8 Å². The van der Waals surface area contributed by atoms with E-state index in [1.165, 1.54) is 0 Å². The molecule has 1 heterocycles. The van der Waals surface area contributed by atoms with E-state index in [2.05, 4.69) is 18.7 Å². The maximum Gasteiger partial charge on any atom is 0.256 e. The van der Waals surface area contributed by atoms with Gasteiger partial charge in [0, 0.05) is 32.2 Å². The van der Waals surface area contributed by atoms with E-state index in [-0.39, 0.29) is 5.91 Å². The highest BCUT2D eigenvalue weighted by Gasteiger charge is 2.25. The molecule has 0 unspecified atom stereocenters. The first-order valence-electron chi connectivity index (χ1n) is 6.48. The maximum absolute atomic E-state index is 12.5. The standard InChI is InChI=1S/C14H18Cl2N2O/c1-10(2)17-6-8-18(9-7-17)14(19)13-11(15)4-3-5-12(13)16/h3-5,10H,6-9H2,1-2H3. The summed E-state index contributed by atoms with van der Waals surface area (Å²) in [6.07, 6.45) is 0. The number of rotatable bonds is 2. The van der Waals surface area contributed by atoms with Crippen molar-refractivity contribution in [1.82, 2.24) is 9.80 Å². The number of hydrogen-bond donors (Lipinski definition) is 0. The molecule has 0 atom stereocenters. The highest BCUT2D eigenvalue weighted by Crippen LogP contribution is 2.26. The lowest BCUT2D eigenvalue weighted by Gasteiger charge is -2.37. The van der Waals surface area contributed by atoms with Gasteiger partial charge in [0.2, 0.25) is 0 Å². The van der Waals surface area contributed by atoms with Crippen LogP contribution in [-0.2, 0) is 0 Å². The predicted octanol–water partition coefficient (Wildman–Crippen LogP) is 3.16. The maximum atomic E-state index is 12.5. The number of amides is 1. The molecule has 0 saturated carbocycles. The van der Waals surface area contributed by atoms with E-state index in [4.69, 9.17) is 23.2 Å². The van der Waals surface area contributed by atoms with Crippen molar-refractivity contribution in [2.24, 2.45) is 0 Å². The van der Waals surface area contributed by atoms with Crippen molar-refractivity contribution < 1.29 is 4.79 Å². The van der Waals surface area contributed by atoms with E-state index in [0.717, 1.165) is 26.2 Å². The number of carbonyl (C=O) groups is 1. The molecule has 1 aliphatic rings. The molecule has 1 aromatic rings. The topological polar surface area (TPSA) is 23.6 Å². The summed E-state index contributed by atoms with van der Waals surface area (Å²) < 4.78 is 0. The van der Waals surface area contributed by atoms with Gasteiger partial charge in [0.05, 0.1) is 15.6 Å². The first kappa shape index (κ1) is 14.6. The SMILES string of the molecule is CC(C)N1CCN(C(=O)c2c(Cl)cccc2Cl)CC1. The number of hydrogen-bond acceptors (Lipinski definition) is 2. The fourth-order valence-corrected chi connectivity index (χ4v) is 2.86. The number of benzene rings is 1. The Hall–Kier alpha value is -0.770. The molecule has 1 aromatic carbocycles. The first-order valence-corrected chi connectivity index (χ1v) is 7.23. The second kappa shape index (κ2) is 6.12. The van der Waals surface area contributed by atoms with Gasteiger partial charge in [0.15, 0.2) is 0 Å². The van der Waals surface area contributed by atoms with Crippen LogP contribution in [0, 0.1) is 0 Å². The Labute approximate surface area is 124 Å². The number of halogens is 2. The summed E-state index contributed by atoms with van der Waals surface area (Å²) in [5.41, 5.74) is 0.420. The van der Waals surface area contributed by atoms with Gasteiger partial charge in [0.1, 0.15) is 0 Å². The molecule has 1 amide bonds. The normalized spacial score (nSPS) is 17.0. The van der Waals surface area contributed by atoms with Crippen molar-refractivity contribution in [3.63, 3.8) is 0 Å². The van der Waals surface area contributed by atoms with Crippen molar-refractivity contribution in [2.75, 3.05) is 26.2 Å². The molecule has 0 radical (unpaired) electrons. The van der Waals surface area contributed by atoms with Crippen LogP contribution in [-0.4, -0.2) is 47.9 Å². The summed E-state index contributed by atoms with van der Waals surface area (Å²) in [5.74, 6) is -0.0704. The first-order chi connectivity index (χ1) is 9.00. The largest absolute Gasteiger partial charge is 0.336 e. The zero-order valence-corrected chi connectivity index (χ0v) is 12.7. The van der Waals surface area contributed by atoms with Crippen LogP contribution in [0.5, 0.6) is 0 Å². The average molecular weight is 301 g/mol. The van der Waals surface area contributed by atoms with Crippen LogP contribution in [0.1, 0.15) is 24.2 Å². The fraction of sp³-hybridized carbons (Fsp3) is 0.500. The highest BCUT2D eigenvalue weighted by atomic mass is 35.5. The molecule has 1 aliphatic heterocycles. The van der Waals surface area contributed by atoms with Gasteiger partial charge in [-0.25, -0.2) is 0 Å². The fourth-order valence-electron chi connectivity index (χ4n) is 2.30. The van der Waals surface area contributed by atoms with Gasteiger partial charge in [-0.3, -0.25) is 9.69 Å². The second-order valence-electron chi connectivity index (χ2n) is 5.02. The third-order valence-electron chi connectivity index (χ3n) is 3.51. The third-order valence-corrected chi connectivity index (χ3v) is 4.14. The van der Waals surface area contributed by atoms with Crippen molar-refractivity contribution in [1.29, 1.82) is 0 Å². The van der Waals surface area contributed by atoms with Crippen molar-refractivity contribution in [3.8, 4) is 0 Å². The molecule has 0 aromatic heterocycles. The molecule has 3 nitrogen and oxygen atoms in total. The van der Waals surface area contributed by atoms with E-state index in [0.29, 0.717) is 21.7 Å². The molecule has 19 heavy (non-hydrogen) atoms. The summed E-state index contributed by atoms with van der Waals surface area (Å²) in [6, 6.07) is 5.66. The van der Waals surface area contributed by atoms with Gasteiger partial charge < -0.3 is 4.90 Å². The second-order valence-corrected chi connectivity index (χ2v) is 5.83. The molecule has 0 N–H and O–H groups in total. The minimum absolute atomic E-state index is 0.0704. The van der Waals surface area contributed by atoms with Gasteiger partial charge in [-0.2, -0.15) is 0 Å². The highest BCUT2D eigenvalue weighted by molar-refractivity contribution is 6.39. The summed E-state index contributed by atoms with van der Waals surface area (Å²) >= 11 is 12.2. The molecular weight excluding hydrogens is 283 g/mol. The van der Waals surface area contributed by atoms with Crippen LogP contribution in [0.25, 0.3) is 0 Å². The van der Waals surface area contributed by atoms with Crippen LogP contribution in [0.15, 0.2) is 18.2 Å². The molecule has 0 bridgehead atoms. The van der Waals surface area contributed by atoms with Gasteiger partial charge in [0.25, 0.3) is 5.91 Å². The predicted molar refractivity (Wildman–Crippen MR) is 79.1 cm³/mol. The lowest BCUT2D eigenvalue weighted by Crippen LogP contribution is -2.50. The number of carbonyl (C=O) groups excluding carboxylic acids is 1. The number of piperazine rings is 1. The number of nitrogens with zero attached hydrogens (tertiary/aromatic N) is 2. The van der Waals surface area contributed by atoms with E-state index in [1.807, 2.05) is 4.90 Å². The van der Waals surface area contributed by atoms with Crippen LogP contribution in [0.4, 0.5) is 0 Å². The molecule has 5 heteroatoms. The Bertz CT molecular complexity index is 448. The Morgan fingerprint density at radius 3 is 2.11 bits per heavy atom. The zero-order valence-electron chi connectivity index (χ0n) is 11.2. The average Bonchev–Trinajstić information content (AvgIpc) is 2.38. The Balaban J connectivity index is 2.10. The molecule has 0 aliphatic carbocycles. The van der Waals surface area contributed by atoms with Crippen LogP contribution in [0.3, 0.4) is 0 Å². The minimum Gasteiger partial charge on any atom is -0.336 e. The molecule has 2 rings (SSSR count).